The molecule has 1 aromatic heterocycles. The number of halogens is 3. The normalized spacial score (nSPS) is 11.6. The van der Waals surface area contributed by atoms with E-state index in [1.807, 2.05) is 53.4 Å². The van der Waals surface area contributed by atoms with Crippen LogP contribution in [0, 0.1) is 0 Å². The first-order valence-electron chi connectivity index (χ1n) is 7.05. The minimum atomic E-state index is -4.30. The largest absolute Gasteiger partial charge is 0.416 e. The van der Waals surface area contributed by atoms with Crippen LogP contribution in [-0.4, -0.2) is 4.57 Å². The Morgan fingerprint density at radius 1 is 0.870 bits per heavy atom. The summed E-state index contributed by atoms with van der Waals surface area (Å²) in [6.07, 6.45) is -0.406. The maximum absolute atomic E-state index is 12.8. The third-order valence-electron chi connectivity index (χ3n) is 3.40. The zero-order valence-electron chi connectivity index (χ0n) is 12.1. The summed E-state index contributed by atoms with van der Waals surface area (Å²) in [5.74, 6) is 0.488. The van der Waals surface area contributed by atoms with Crippen molar-refractivity contribution in [2.45, 2.75) is 16.8 Å². The molecule has 0 aliphatic carbocycles. The molecule has 2 aromatic carbocycles. The Balaban J connectivity index is 1.80. The van der Waals surface area contributed by atoms with Crippen LogP contribution in [0.4, 0.5) is 13.2 Å². The molecule has 0 atom stereocenters. The van der Waals surface area contributed by atoms with Crippen LogP contribution >= 0.6 is 11.8 Å². The zero-order valence-corrected chi connectivity index (χ0v) is 12.9. The molecule has 118 valence electrons. The van der Waals surface area contributed by atoms with E-state index in [1.165, 1.54) is 23.9 Å². The highest BCUT2D eigenvalue weighted by Gasteiger charge is 2.30. The second-order valence-corrected chi connectivity index (χ2v) is 6.06. The predicted octanol–water partition coefficient (Wildman–Crippen LogP) is 5.79. The van der Waals surface area contributed by atoms with E-state index in [0.717, 1.165) is 16.6 Å². The minimum absolute atomic E-state index is 0.488. The summed E-state index contributed by atoms with van der Waals surface area (Å²) in [6, 6.07) is 17.2. The van der Waals surface area contributed by atoms with Gasteiger partial charge in [0.05, 0.1) is 11.3 Å². The molecule has 0 saturated carbocycles. The molecule has 0 bridgehead atoms. The van der Waals surface area contributed by atoms with Crippen molar-refractivity contribution in [3.05, 3.63) is 84.2 Å². The van der Waals surface area contributed by atoms with Gasteiger partial charge < -0.3 is 4.57 Å². The SMILES string of the molecule is FC(F)(F)c1cccc(CSc2ccccc2-n2cccc2)c1. The van der Waals surface area contributed by atoms with Gasteiger partial charge in [-0.25, -0.2) is 0 Å². The number of benzene rings is 2. The Morgan fingerprint density at radius 3 is 2.35 bits per heavy atom. The van der Waals surface area contributed by atoms with Gasteiger partial charge in [-0.1, -0.05) is 30.3 Å². The first-order chi connectivity index (χ1) is 11.0. The number of hydrogen-bond acceptors (Lipinski definition) is 1. The van der Waals surface area contributed by atoms with Gasteiger partial charge in [-0.3, -0.25) is 0 Å². The smallest absolute Gasteiger partial charge is 0.323 e. The van der Waals surface area contributed by atoms with Gasteiger partial charge >= 0.3 is 6.18 Å². The van der Waals surface area contributed by atoms with E-state index in [4.69, 9.17) is 0 Å². The first kappa shape index (κ1) is 15.7. The Morgan fingerprint density at radius 2 is 1.61 bits per heavy atom. The second kappa shape index (κ2) is 6.54. The number of alkyl halides is 3. The van der Waals surface area contributed by atoms with Crippen molar-refractivity contribution >= 4 is 11.8 Å². The van der Waals surface area contributed by atoms with E-state index in [0.29, 0.717) is 11.3 Å². The van der Waals surface area contributed by atoms with Gasteiger partial charge in [-0.05, 0) is 35.9 Å². The van der Waals surface area contributed by atoms with Crippen molar-refractivity contribution in [2.24, 2.45) is 0 Å². The summed E-state index contributed by atoms with van der Waals surface area (Å²) in [5, 5.41) is 0. The standard InChI is InChI=1S/C18H14F3NS/c19-18(20,21)15-7-5-6-14(12-15)13-23-17-9-2-1-8-16(17)22-10-3-4-11-22/h1-12H,13H2. The van der Waals surface area contributed by atoms with Gasteiger partial charge in [-0.15, -0.1) is 11.8 Å². The Hall–Kier alpha value is -2.14. The lowest BCUT2D eigenvalue weighted by Gasteiger charge is -2.11. The summed E-state index contributed by atoms with van der Waals surface area (Å²) < 4.78 is 40.3. The van der Waals surface area contributed by atoms with Crippen molar-refractivity contribution in [2.75, 3.05) is 0 Å². The van der Waals surface area contributed by atoms with Crippen molar-refractivity contribution in [3.8, 4) is 5.69 Å². The summed E-state index contributed by atoms with van der Waals surface area (Å²) in [7, 11) is 0. The maximum Gasteiger partial charge on any atom is 0.416 e. The molecule has 0 N–H and O–H groups in total. The lowest BCUT2D eigenvalue weighted by molar-refractivity contribution is -0.137. The number of aromatic nitrogens is 1. The fraction of sp³-hybridized carbons (Fsp3) is 0.111. The fourth-order valence-corrected chi connectivity index (χ4v) is 3.28. The lowest BCUT2D eigenvalue weighted by atomic mass is 10.1. The number of thioether (sulfide) groups is 1. The maximum atomic E-state index is 12.8. The van der Waals surface area contributed by atoms with Crippen LogP contribution in [0.25, 0.3) is 5.69 Å². The van der Waals surface area contributed by atoms with Crippen molar-refractivity contribution in [3.63, 3.8) is 0 Å². The van der Waals surface area contributed by atoms with Crippen LogP contribution in [0.2, 0.25) is 0 Å². The van der Waals surface area contributed by atoms with E-state index in [2.05, 4.69) is 0 Å². The molecule has 0 radical (unpaired) electrons. The third kappa shape index (κ3) is 3.79. The van der Waals surface area contributed by atoms with E-state index < -0.39 is 11.7 Å². The van der Waals surface area contributed by atoms with Crippen LogP contribution in [0.3, 0.4) is 0 Å². The van der Waals surface area contributed by atoms with Gasteiger partial charge in [-0.2, -0.15) is 13.2 Å². The number of rotatable bonds is 4. The predicted molar refractivity (Wildman–Crippen MR) is 86.8 cm³/mol. The lowest BCUT2D eigenvalue weighted by Crippen LogP contribution is -2.04. The van der Waals surface area contributed by atoms with Gasteiger partial charge in [0.1, 0.15) is 0 Å². The molecule has 0 fully saturated rings. The Bertz CT molecular complexity index is 779. The molecule has 0 aliphatic heterocycles. The van der Waals surface area contributed by atoms with Gasteiger partial charge in [0, 0.05) is 23.0 Å². The number of hydrogen-bond donors (Lipinski definition) is 0. The summed E-state index contributed by atoms with van der Waals surface area (Å²) in [6.45, 7) is 0. The molecule has 3 rings (SSSR count). The van der Waals surface area contributed by atoms with Crippen molar-refractivity contribution < 1.29 is 13.2 Å². The molecule has 3 aromatic rings. The molecule has 0 unspecified atom stereocenters. The number of nitrogens with zero attached hydrogens (tertiary/aromatic N) is 1. The summed E-state index contributed by atoms with van der Waals surface area (Å²) in [5.41, 5.74) is 1.08. The molecule has 0 spiro atoms. The highest BCUT2D eigenvalue weighted by Crippen LogP contribution is 2.32. The monoisotopic (exact) mass is 333 g/mol. The minimum Gasteiger partial charge on any atom is -0.323 e. The van der Waals surface area contributed by atoms with E-state index in [-0.39, 0.29) is 0 Å². The molecule has 0 aliphatic rings. The van der Waals surface area contributed by atoms with Gasteiger partial charge in [0.15, 0.2) is 0 Å². The Labute approximate surface area is 136 Å². The topological polar surface area (TPSA) is 4.93 Å². The van der Waals surface area contributed by atoms with Crippen molar-refractivity contribution in [1.29, 1.82) is 0 Å². The molecule has 0 amide bonds. The van der Waals surface area contributed by atoms with Crippen LogP contribution in [0.1, 0.15) is 11.1 Å². The van der Waals surface area contributed by atoms with E-state index in [1.54, 1.807) is 6.07 Å². The second-order valence-electron chi connectivity index (χ2n) is 5.04. The van der Waals surface area contributed by atoms with Gasteiger partial charge in [0.25, 0.3) is 0 Å². The zero-order chi connectivity index (χ0) is 16.3. The molecule has 5 heteroatoms. The third-order valence-corrected chi connectivity index (χ3v) is 4.53. The summed E-state index contributed by atoms with van der Waals surface area (Å²) in [4.78, 5) is 1.03. The van der Waals surface area contributed by atoms with Gasteiger partial charge in [0.2, 0.25) is 0 Å². The molecule has 23 heavy (non-hydrogen) atoms. The fourth-order valence-electron chi connectivity index (χ4n) is 2.29. The van der Waals surface area contributed by atoms with Crippen LogP contribution in [0.15, 0.2) is 78.0 Å². The quantitative estimate of drug-likeness (QED) is 0.547. The van der Waals surface area contributed by atoms with Crippen molar-refractivity contribution in [1.82, 2.24) is 4.57 Å². The van der Waals surface area contributed by atoms with E-state index >= 15 is 0 Å². The number of para-hydroxylation sites is 1. The molecular weight excluding hydrogens is 319 g/mol. The first-order valence-corrected chi connectivity index (χ1v) is 8.04. The van der Waals surface area contributed by atoms with E-state index in [9.17, 15) is 13.2 Å². The highest BCUT2D eigenvalue weighted by molar-refractivity contribution is 7.98. The van der Waals surface area contributed by atoms with Crippen LogP contribution < -0.4 is 0 Å². The average molecular weight is 333 g/mol. The highest BCUT2D eigenvalue weighted by atomic mass is 32.2. The van der Waals surface area contributed by atoms with Crippen LogP contribution in [-0.2, 0) is 11.9 Å². The van der Waals surface area contributed by atoms with Crippen LogP contribution in [0.5, 0.6) is 0 Å². The molecule has 0 saturated heterocycles. The summed E-state index contributed by atoms with van der Waals surface area (Å²) >= 11 is 1.53. The Kier molecular flexibility index (Phi) is 4.48. The average Bonchev–Trinajstić information content (AvgIpc) is 3.07. The molecular formula is C18H14F3NS. The molecule has 1 nitrogen and oxygen atoms in total. The molecule has 1 heterocycles.